The third-order valence-electron chi connectivity index (χ3n) is 4.11. The van der Waals surface area contributed by atoms with Gasteiger partial charge in [-0.1, -0.05) is 39.0 Å². The summed E-state index contributed by atoms with van der Waals surface area (Å²) in [4.78, 5) is 16.5. The van der Waals surface area contributed by atoms with Gasteiger partial charge in [0.1, 0.15) is 18.4 Å². The van der Waals surface area contributed by atoms with Gasteiger partial charge >= 0.3 is 0 Å². The van der Waals surface area contributed by atoms with Crippen LogP contribution in [0.4, 0.5) is 5.69 Å². The van der Waals surface area contributed by atoms with E-state index < -0.39 is 0 Å². The second-order valence-corrected chi connectivity index (χ2v) is 7.23. The molecule has 0 aliphatic rings. The fraction of sp³-hybridized carbons (Fsp3) is 0.250. The van der Waals surface area contributed by atoms with Crippen molar-refractivity contribution in [3.63, 3.8) is 0 Å². The highest BCUT2D eigenvalue weighted by atomic mass is 16.3. The van der Waals surface area contributed by atoms with Crippen molar-refractivity contribution in [1.29, 1.82) is 0 Å². The van der Waals surface area contributed by atoms with Crippen molar-refractivity contribution in [3.8, 4) is 5.75 Å². The van der Waals surface area contributed by atoms with Crippen LogP contribution in [-0.2, 0) is 12.0 Å². The number of carbonyl (C=O) groups excluding carboxylic acids is 1. The Hall–Kier alpha value is -3.15. The van der Waals surface area contributed by atoms with Gasteiger partial charge in [-0.3, -0.25) is 4.79 Å². The lowest BCUT2D eigenvalue weighted by Gasteiger charge is -2.20. The molecule has 3 aromatic rings. The third kappa shape index (κ3) is 4.08. The molecule has 1 aromatic heterocycles. The summed E-state index contributed by atoms with van der Waals surface area (Å²) in [6, 6.07) is 12.6. The first kappa shape index (κ1) is 17.7. The van der Waals surface area contributed by atoms with E-state index in [2.05, 4.69) is 36.2 Å². The molecule has 0 fully saturated rings. The predicted octanol–water partition coefficient (Wildman–Crippen LogP) is 3.58. The summed E-state index contributed by atoms with van der Waals surface area (Å²) in [6.07, 6.45) is 3.10. The fourth-order valence-corrected chi connectivity index (χ4v) is 2.61. The van der Waals surface area contributed by atoms with E-state index in [-0.39, 0.29) is 17.1 Å². The highest BCUT2D eigenvalue weighted by Gasteiger charge is 2.17. The summed E-state index contributed by atoms with van der Waals surface area (Å²) in [6.45, 7) is 6.78. The molecule has 0 radical (unpaired) electrons. The van der Waals surface area contributed by atoms with Crippen LogP contribution in [0.25, 0.3) is 0 Å². The number of rotatable bonds is 4. The van der Waals surface area contributed by atoms with Crippen molar-refractivity contribution in [3.05, 3.63) is 71.8 Å². The van der Waals surface area contributed by atoms with E-state index in [0.29, 0.717) is 17.8 Å². The number of phenolic OH excluding ortho intramolecular Hbond substituents is 1. The van der Waals surface area contributed by atoms with Gasteiger partial charge in [0.25, 0.3) is 5.91 Å². The summed E-state index contributed by atoms with van der Waals surface area (Å²) >= 11 is 0. The molecule has 0 aliphatic carbocycles. The molecule has 1 heterocycles. The first-order valence-corrected chi connectivity index (χ1v) is 8.39. The number of aromatic nitrogens is 3. The number of nitrogens with zero attached hydrogens (tertiary/aromatic N) is 3. The van der Waals surface area contributed by atoms with Crippen LogP contribution in [0.5, 0.6) is 5.75 Å². The predicted molar refractivity (Wildman–Crippen MR) is 100 cm³/mol. The molecule has 1 amide bonds. The fourth-order valence-electron chi connectivity index (χ4n) is 2.61. The average molecular weight is 350 g/mol. The van der Waals surface area contributed by atoms with E-state index in [1.807, 2.05) is 30.3 Å². The van der Waals surface area contributed by atoms with E-state index >= 15 is 0 Å². The molecule has 6 heteroatoms. The van der Waals surface area contributed by atoms with E-state index in [1.54, 1.807) is 23.1 Å². The normalized spacial score (nSPS) is 11.3. The van der Waals surface area contributed by atoms with E-state index in [9.17, 15) is 9.90 Å². The van der Waals surface area contributed by atoms with Gasteiger partial charge < -0.3 is 10.4 Å². The first-order chi connectivity index (χ1) is 12.3. The Morgan fingerprint density at radius 2 is 2.00 bits per heavy atom. The van der Waals surface area contributed by atoms with Gasteiger partial charge in [0.2, 0.25) is 0 Å². The number of carbonyl (C=O) groups is 1. The smallest absolute Gasteiger partial charge is 0.255 e. The van der Waals surface area contributed by atoms with Crippen LogP contribution in [-0.4, -0.2) is 25.8 Å². The Morgan fingerprint density at radius 3 is 2.69 bits per heavy atom. The van der Waals surface area contributed by atoms with Gasteiger partial charge in [-0.05, 0) is 40.8 Å². The van der Waals surface area contributed by atoms with Crippen LogP contribution in [0.1, 0.15) is 42.3 Å². The minimum absolute atomic E-state index is 0.0464. The molecule has 0 atom stereocenters. The maximum Gasteiger partial charge on any atom is 0.255 e. The van der Waals surface area contributed by atoms with Crippen LogP contribution in [0, 0.1) is 0 Å². The number of amides is 1. The molecule has 134 valence electrons. The van der Waals surface area contributed by atoms with Gasteiger partial charge in [0.05, 0.1) is 12.2 Å². The van der Waals surface area contributed by atoms with Gasteiger partial charge in [0, 0.05) is 5.56 Å². The zero-order valence-corrected chi connectivity index (χ0v) is 15.1. The Kier molecular flexibility index (Phi) is 4.75. The maximum atomic E-state index is 12.6. The number of hydrogen-bond donors (Lipinski definition) is 2. The number of aromatic hydroxyl groups is 1. The van der Waals surface area contributed by atoms with Crippen molar-refractivity contribution in [2.45, 2.75) is 32.7 Å². The van der Waals surface area contributed by atoms with Crippen LogP contribution in [0.3, 0.4) is 0 Å². The van der Waals surface area contributed by atoms with Gasteiger partial charge in [-0.25, -0.2) is 9.67 Å². The minimum Gasteiger partial charge on any atom is -0.506 e. The number of hydrogen-bond acceptors (Lipinski definition) is 4. The van der Waals surface area contributed by atoms with E-state index in [0.717, 1.165) is 11.1 Å². The Balaban J connectivity index is 1.80. The molecular formula is C20H22N4O2. The Morgan fingerprint density at radius 1 is 1.19 bits per heavy atom. The molecule has 0 saturated heterocycles. The monoisotopic (exact) mass is 350 g/mol. The second kappa shape index (κ2) is 7.00. The molecule has 0 aliphatic heterocycles. The first-order valence-electron chi connectivity index (χ1n) is 8.39. The van der Waals surface area contributed by atoms with Crippen molar-refractivity contribution in [2.75, 3.05) is 5.32 Å². The number of anilines is 1. The standard InChI is InChI=1S/C20H22N4O2/c1-20(2,3)16-7-8-18(25)17(10-16)23-19(26)15-6-4-5-14(9-15)11-24-13-21-12-22-24/h4-10,12-13,25H,11H2,1-3H3,(H,23,26). The lowest BCUT2D eigenvalue weighted by molar-refractivity contribution is 0.102. The largest absolute Gasteiger partial charge is 0.506 e. The van der Waals surface area contributed by atoms with Crippen LogP contribution < -0.4 is 5.32 Å². The van der Waals surface area contributed by atoms with Crippen molar-refractivity contribution >= 4 is 11.6 Å². The minimum atomic E-state index is -0.271. The molecule has 26 heavy (non-hydrogen) atoms. The van der Waals surface area contributed by atoms with Crippen LogP contribution >= 0.6 is 0 Å². The highest BCUT2D eigenvalue weighted by molar-refractivity contribution is 6.05. The Bertz CT molecular complexity index is 912. The van der Waals surface area contributed by atoms with Crippen LogP contribution in [0.15, 0.2) is 55.1 Å². The summed E-state index contributed by atoms with van der Waals surface area (Å²) in [5.74, 6) is -0.225. The second-order valence-electron chi connectivity index (χ2n) is 7.23. The highest BCUT2D eigenvalue weighted by Crippen LogP contribution is 2.31. The van der Waals surface area contributed by atoms with Crippen LogP contribution in [0.2, 0.25) is 0 Å². The molecule has 2 N–H and O–H groups in total. The molecule has 2 aromatic carbocycles. The molecule has 0 saturated carbocycles. The quantitative estimate of drug-likeness (QED) is 0.705. The van der Waals surface area contributed by atoms with Crippen molar-refractivity contribution in [2.24, 2.45) is 0 Å². The molecule has 6 nitrogen and oxygen atoms in total. The average Bonchev–Trinajstić information content (AvgIpc) is 3.09. The third-order valence-corrected chi connectivity index (χ3v) is 4.11. The zero-order valence-electron chi connectivity index (χ0n) is 15.1. The molecule has 0 spiro atoms. The maximum absolute atomic E-state index is 12.6. The Labute approximate surface area is 152 Å². The molecule has 0 bridgehead atoms. The summed E-state index contributed by atoms with van der Waals surface area (Å²) in [5.41, 5.74) is 2.82. The molecule has 3 rings (SSSR count). The summed E-state index contributed by atoms with van der Waals surface area (Å²) < 4.78 is 1.69. The van der Waals surface area contributed by atoms with Gasteiger partial charge in [0.15, 0.2) is 0 Å². The lowest BCUT2D eigenvalue weighted by atomic mass is 9.87. The number of phenols is 1. The summed E-state index contributed by atoms with van der Waals surface area (Å²) in [5, 5.41) is 17.0. The van der Waals surface area contributed by atoms with Crippen molar-refractivity contribution in [1.82, 2.24) is 14.8 Å². The van der Waals surface area contributed by atoms with Gasteiger partial charge in [-0.2, -0.15) is 5.10 Å². The van der Waals surface area contributed by atoms with E-state index in [4.69, 9.17) is 0 Å². The van der Waals surface area contributed by atoms with Gasteiger partial charge in [-0.15, -0.1) is 0 Å². The van der Waals surface area contributed by atoms with Crippen molar-refractivity contribution < 1.29 is 9.90 Å². The number of nitrogens with one attached hydrogen (secondary N) is 1. The lowest BCUT2D eigenvalue weighted by Crippen LogP contribution is -2.15. The van der Waals surface area contributed by atoms with E-state index in [1.165, 1.54) is 6.33 Å². The number of benzene rings is 2. The zero-order chi connectivity index (χ0) is 18.7. The molecular weight excluding hydrogens is 328 g/mol. The summed E-state index contributed by atoms with van der Waals surface area (Å²) in [7, 11) is 0. The topological polar surface area (TPSA) is 80.0 Å². The molecule has 0 unspecified atom stereocenters. The SMILES string of the molecule is CC(C)(C)c1ccc(O)c(NC(=O)c2cccc(Cn3cncn3)c2)c1.